The molecule has 2 atom stereocenters. The van der Waals surface area contributed by atoms with Crippen molar-refractivity contribution in [1.29, 1.82) is 5.26 Å². The molecule has 2 aromatic rings. The average Bonchev–Trinajstić information content (AvgIpc) is 2.51. The van der Waals surface area contributed by atoms with Crippen LogP contribution in [0.3, 0.4) is 0 Å². The van der Waals surface area contributed by atoms with Crippen LogP contribution in [0, 0.1) is 11.3 Å². The van der Waals surface area contributed by atoms with E-state index in [1.54, 1.807) is 0 Å². The number of rotatable bonds is 2. The average molecular weight is 281 g/mol. The van der Waals surface area contributed by atoms with Crippen LogP contribution in [0.4, 0.5) is 5.69 Å². The summed E-state index contributed by atoms with van der Waals surface area (Å²) in [6.45, 7) is 3.30. The van der Waals surface area contributed by atoms with Gasteiger partial charge in [0.05, 0.1) is 11.2 Å². The van der Waals surface area contributed by atoms with E-state index in [1.807, 2.05) is 24.3 Å². The summed E-state index contributed by atoms with van der Waals surface area (Å²) in [6, 6.07) is 10.9. The van der Waals surface area contributed by atoms with Crippen molar-refractivity contribution < 1.29 is 0 Å². The number of piperidine rings is 1. The Hall–Kier alpha value is -2.19. The topological polar surface area (TPSA) is 64.8 Å². The summed E-state index contributed by atoms with van der Waals surface area (Å²) < 4.78 is 0. The smallest absolute Gasteiger partial charge is 0.186 e. The monoisotopic (exact) mass is 281 g/mol. The lowest BCUT2D eigenvalue weighted by Gasteiger charge is -2.36. The van der Waals surface area contributed by atoms with Gasteiger partial charge in [0.2, 0.25) is 0 Å². The Morgan fingerprint density at radius 3 is 2.90 bits per heavy atom. The molecule has 1 fully saturated rings. The number of fused-ring (bicyclic) bond motifs is 1. The largest absolute Gasteiger partial charge is 0.379 e. The Balaban J connectivity index is 1.94. The number of hydrogen-bond donors (Lipinski definition) is 1. The van der Waals surface area contributed by atoms with Crippen molar-refractivity contribution in [3.05, 3.63) is 30.0 Å². The lowest BCUT2D eigenvalue weighted by Crippen LogP contribution is -2.42. The van der Waals surface area contributed by atoms with Gasteiger partial charge in [0.15, 0.2) is 5.69 Å². The number of aromatic nitrogens is 2. The van der Waals surface area contributed by atoms with Crippen molar-refractivity contribution in [2.45, 2.75) is 31.8 Å². The van der Waals surface area contributed by atoms with E-state index < -0.39 is 0 Å². The Labute approximate surface area is 124 Å². The maximum absolute atomic E-state index is 9.30. The van der Waals surface area contributed by atoms with Crippen LogP contribution < -0.4 is 5.32 Å². The molecule has 3 rings (SSSR count). The normalized spacial score (nSPS) is 22.9. The molecular formula is C16H19N5. The molecule has 1 aromatic carbocycles. The highest BCUT2D eigenvalue weighted by Gasteiger charge is 2.24. The standard InChI is InChI=1S/C16H19N5/c1-11-9-12(7-8-21(11)2)18-16-13-5-3-4-6-14(13)19-20-15(16)10-17/h3-6,11-12H,7-9H2,1-2H3,(H,18,19). The van der Waals surface area contributed by atoms with Crippen LogP contribution in [0.2, 0.25) is 0 Å². The number of nitriles is 1. The van der Waals surface area contributed by atoms with Crippen LogP contribution in [0.5, 0.6) is 0 Å². The lowest BCUT2D eigenvalue weighted by atomic mass is 9.98. The van der Waals surface area contributed by atoms with Gasteiger partial charge >= 0.3 is 0 Å². The summed E-state index contributed by atoms with van der Waals surface area (Å²) in [5, 5.41) is 22.0. The van der Waals surface area contributed by atoms with E-state index in [4.69, 9.17) is 0 Å². The van der Waals surface area contributed by atoms with E-state index in [9.17, 15) is 5.26 Å². The van der Waals surface area contributed by atoms with Gasteiger partial charge in [0, 0.05) is 24.0 Å². The molecule has 5 nitrogen and oxygen atoms in total. The van der Waals surface area contributed by atoms with E-state index in [0.717, 1.165) is 36.0 Å². The molecule has 2 unspecified atom stereocenters. The first-order valence-electron chi connectivity index (χ1n) is 7.31. The van der Waals surface area contributed by atoms with Crippen LogP contribution in [0.1, 0.15) is 25.5 Å². The summed E-state index contributed by atoms with van der Waals surface area (Å²) in [7, 11) is 2.16. The van der Waals surface area contributed by atoms with Crippen molar-refractivity contribution in [2.24, 2.45) is 0 Å². The molecule has 1 aliphatic heterocycles. The minimum Gasteiger partial charge on any atom is -0.379 e. The number of hydrogen-bond acceptors (Lipinski definition) is 5. The first-order valence-corrected chi connectivity index (χ1v) is 7.31. The molecule has 0 spiro atoms. The molecule has 108 valence electrons. The van der Waals surface area contributed by atoms with E-state index in [2.05, 4.69) is 40.5 Å². The Kier molecular flexibility index (Phi) is 3.72. The molecule has 2 heterocycles. The fourth-order valence-electron chi connectivity index (χ4n) is 2.90. The van der Waals surface area contributed by atoms with Crippen LogP contribution in [0.15, 0.2) is 24.3 Å². The van der Waals surface area contributed by atoms with Crippen molar-refractivity contribution in [3.63, 3.8) is 0 Å². The molecular weight excluding hydrogens is 262 g/mol. The fourth-order valence-corrected chi connectivity index (χ4v) is 2.90. The summed E-state index contributed by atoms with van der Waals surface area (Å²) in [5.74, 6) is 0. The third-order valence-corrected chi connectivity index (χ3v) is 4.33. The van der Waals surface area contributed by atoms with Crippen molar-refractivity contribution in [1.82, 2.24) is 15.1 Å². The Morgan fingerprint density at radius 2 is 2.14 bits per heavy atom. The molecule has 1 saturated heterocycles. The van der Waals surface area contributed by atoms with Gasteiger partial charge in [-0.15, -0.1) is 10.2 Å². The minimum absolute atomic E-state index is 0.371. The maximum Gasteiger partial charge on any atom is 0.186 e. The number of likely N-dealkylation sites (tertiary alicyclic amines) is 1. The van der Waals surface area contributed by atoms with Crippen molar-refractivity contribution in [2.75, 3.05) is 18.9 Å². The second kappa shape index (κ2) is 5.66. The third kappa shape index (κ3) is 2.67. The van der Waals surface area contributed by atoms with Crippen molar-refractivity contribution >= 4 is 16.6 Å². The molecule has 1 aliphatic rings. The molecule has 0 aliphatic carbocycles. The van der Waals surface area contributed by atoms with E-state index >= 15 is 0 Å². The number of anilines is 1. The molecule has 0 saturated carbocycles. The van der Waals surface area contributed by atoms with Gasteiger partial charge in [-0.25, -0.2) is 0 Å². The molecule has 21 heavy (non-hydrogen) atoms. The first kappa shape index (κ1) is 13.8. The van der Waals surface area contributed by atoms with Gasteiger partial charge in [-0.05, 0) is 32.9 Å². The van der Waals surface area contributed by atoms with Gasteiger partial charge in [0.1, 0.15) is 6.07 Å². The van der Waals surface area contributed by atoms with Crippen LogP contribution in [-0.2, 0) is 0 Å². The maximum atomic E-state index is 9.30. The van der Waals surface area contributed by atoms with Gasteiger partial charge < -0.3 is 10.2 Å². The van der Waals surface area contributed by atoms with E-state index in [-0.39, 0.29) is 0 Å². The molecule has 1 N–H and O–H groups in total. The highest BCUT2D eigenvalue weighted by molar-refractivity contribution is 5.92. The molecule has 5 heteroatoms. The zero-order chi connectivity index (χ0) is 14.8. The van der Waals surface area contributed by atoms with Gasteiger partial charge in [-0.3, -0.25) is 0 Å². The van der Waals surface area contributed by atoms with Crippen LogP contribution >= 0.6 is 0 Å². The SMILES string of the molecule is CC1CC(Nc2c(C#N)nnc3ccccc23)CCN1C. The number of nitrogens with zero attached hydrogens (tertiary/aromatic N) is 4. The van der Waals surface area contributed by atoms with Crippen LogP contribution in [0.25, 0.3) is 10.9 Å². The zero-order valence-electron chi connectivity index (χ0n) is 12.4. The fraction of sp³-hybridized carbons (Fsp3) is 0.438. The molecule has 0 amide bonds. The quantitative estimate of drug-likeness (QED) is 0.915. The lowest BCUT2D eigenvalue weighted by molar-refractivity contribution is 0.190. The Bertz CT molecular complexity index is 691. The van der Waals surface area contributed by atoms with Gasteiger partial charge in [-0.2, -0.15) is 5.26 Å². The second-order valence-electron chi connectivity index (χ2n) is 5.75. The summed E-state index contributed by atoms with van der Waals surface area (Å²) in [6.07, 6.45) is 2.14. The zero-order valence-corrected chi connectivity index (χ0v) is 12.4. The predicted octanol–water partition coefficient (Wildman–Crippen LogP) is 2.40. The predicted molar refractivity (Wildman–Crippen MR) is 83.0 cm³/mol. The summed E-state index contributed by atoms with van der Waals surface area (Å²) in [4.78, 5) is 2.37. The highest BCUT2D eigenvalue weighted by atomic mass is 15.2. The van der Waals surface area contributed by atoms with Crippen LogP contribution in [-0.4, -0.2) is 40.8 Å². The first-order chi connectivity index (χ1) is 10.2. The highest BCUT2D eigenvalue weighted by Crippen LogP contribution is 2.27. The van der Waals surface area contributed by atoms with Gasteiger partial charge in [0.25, 0.3) is 0 Å². The molecule has 1 aromatic heterocycles. The Morgan fingerprint density at radius 1 is 1.33 bits per heavy atom. The number of nitrogens with one attached hydrogen (secondary N) is 1. The van der Waals surface area contributed by atoms with Crippen molar-refractivity contribution in [3.8, 4) is 6.07 Å². The van der Waals surface area contributed by atoms with E-state index in [0.29, 0.717) is 17.8 Å². The minimum atomic E-state index is 0.371. The van der Waals surface area contributed by atoms with Gasteiger partial charge in [-0.1, -0.05) is 18.2 Å². The molecule has 0 radical (unpaired) electrons. The second-order valence-corrected chi connectivity index (χ2v) is 5.75. The molecule has 0 bridgehead atoms. The summed E-state index contributed by atoms with van der Waals surface area (Å²) in [5.41, 5.74) is 2.02. The third-order valence-electron chi connectivity index (χ3n) is 4.33. The van der Waals surface area contributed by atoms with E-state index in [1.165, 1.54) is 0 Å². The summed E-state index contributed by atoms with van der Waals surface area (Å²) >= 11 is 0. The number of benzene rings is 1.